The number of ether oxygens (including phenoxy) is 1. The molecule has 9 heteroatoms. The first-order valence-electron chi connectivity index (χ1n) is 9.39. The Morgan fingerprint density at radius 3 is 2.70 bits per heavy atom. The summed E-state index contributed by atoms with van der Waals surface area (Å²) in [6, 6.07) is 0. The number of hydrogen-bond donors (Lipinski definition) is 1. The van der Waals surface area contributed by atoms with Crippen molar-refractivity contribution in [1.29, 1.82) is 0 Å². The number of thiophene rings is 1. The smallest absolute Gasteiger partial charge is 0.341 e. The SMILES string of the molecule is CCOC(=O)c1c(NC(=O)C2CCCN(S(C)(=O)=O)C2)sc2c1CCCC2. The highest BCUT2D eigenvalue weighted by Crippen LogP contribution is 2.39. The minimum atomic E-state index is -3.31. The molecule has 1 aromatic heterocycles. The van der Waals surface area contributed by atoms with Crippen LogP contribution in [-0.2, 0) is 32.4 Å². The van der Waals surface area contributed by atoms with Gasteiger partial charge in [0.25, 0.3) is 0 Å². The molecule has 1 atom stereocenters. The quantitative estimate of drug-likeness (QED) is 0.747. The number of carbonyl (C=O) groups excluding carboxylic acids is 2. The Kier molecular flexibility index (Phi) is 6.22. The fourth-order valence-corrected chi connectivity index (χ4v) is 5.94. The first kappa shape index (κ1) is 20.3. The molecule has 0 spiro atoms. The van der Waals surface area contributed by atoms with E-state index < -0.39 is 21.9 Å². The van der Waals surface area contributed by atoms with Gasteiger partial charge in [0, 0.05) is 18.0 Å². The number of hydrogen-bond acceptors (Lipinski definition) is 6. The van der Waals surface area contributed by atoms with E-state index in [-0.39, 0.29) is 19.1 Å². The van der Waals surface area contributed by atoms with Gasteiger partial charge in [0.15, 0.2) is 0 Å². The van der Waals surface area contributed by atoms with E-state index in [0.717, 1.165) is 36.1 Å². The monoisotopic (exact) mass is 414 g/mol. The Hall–Kier alpha value is -1.45. The summed E-state index contributed by atoms with van der Waals surface area (Å²) < 4.78 is 30.2. The van der Waals surface area contributed by atoms with Crippen LogP contribution in [0.4, 0.5) is 5.00 Å². The van der Waals surface area contributed by atoms with Gasteiger partial charge in [-0.2, -0.15) is 0 Å². The molecular weight excluding hydrogens is 388 g/mol. The number of sulfonamides is 1. The largest absolute Gasteiger partial charge is 0.462 e. The van der Waals surface area contributed by atoms with Gasteiger partial charge in [0.2, 0.25) is 15.9 Å². The highest BCUT2D eigenvalue weighted by Gasteiger charge is 2.32. The van der Waals surface area contributed by atoms with Crippen molar-refractivity contribution in [3.8, 4) is 0 Å². The second-order valence-electron chi connectivity index (χ2n) is 7.08. The Bertz CT molecular complexity index is 831. The number of nitrogens with zero attached hydrogens (tertiary/aromatic N) is 1. The molecular formula is C18H26N2O5S2. The lowest BCUT2D eigenvalue weighted by atomic mass is 9.95. The lowest BCUT2D eigenvalue weighted by Crippen LogP contribution is -2.43. The van der Waals surface area contributed by atoms with E-state index in [4.69, 9.17) is 4.74 Å². The summed E-state index contributed by atoms with van der Waals surface area (Å²) in [6.07, 6.45) is 6.28. The number of nitrogens with one attached hydrogen (secondary N) is 1. The molecule has 1 saturated heterocycles. The zero-order valence-electron chi connectivity index (χ0n) is 15.7. The van der Waals surface area contributed by atoms with Crippen LogP contribution in [0.3, 0.4) is 0 Å². The van der Waals surface area contributed by atoms with E-state index in [0.29, 0.717) is 30.0 Å². The summed E-state index contributed by atoms with van der Waals surface area (Å²) in [4.78, 5) is 26.4. The molecule has 1 fully saturated rings. The molecule has 1 aliphatic carbocycles. The van der Waals surface area contributed by atoms with E-state index >= 15 is 0 Å². The molecule has 7 nitrogen and oxygen atoms in total. The average Bonchev–Trinajstić information content (AvgIpc) is 2.99. The molecule has 0 bridgehead atoms. The summed E-state index contributed by atoms with van der Waals surface area (Å²) >= 11 is 1.45. The van der Waals surface area contributed by atoms with Crippen LogP contribution in [0.5, 0.6) is 0 Å². The Morgan fingerprint density at radius 2 is 2.00 bits per heavy atom. The van der Waals surface area contributed by atoms with Crippen molar-refractivity contribution in [1.82, 2.24) is 4.31 Å². The van der Waals surface area contributed by atoms with Crippen molar-refractivity contribution < 1.29 is 22.7 Å². The van der Waals surface area contributed by atoms with Crippen LogP contribution in [0.2, 0.25) is 0 Å². The molecule has 0 saturated carbocycles. The van der Waals surface area contributed by atoms with Gasteiger partial charge < -0.3 is 10.1 Å². The maximum Gasteiger partial charge on any atom is 0.341 e. The summed E-state index contributed by atoms with van der Waals surface area (Å²) in [6.45, 7) is 2.67. The van der Waals surface area contributed by atoms with Crippen LogP contribution in [0.25, 0.3) is 0 Å². The van der Waals surface area contributed by atoms with Crippen LogP contribution in [-0.4, -0.2) is 50.6 Å². The molecule has 2 aliphatic rings. The molecule has 1 aliphatic heterocycles. The standard InChI is InChI=1S/C18H26N2O5S2/c1-3-25-18(22)15-13-8-4-5-9-14(13)26-17(15)19-16(21)12-7-6-10-20(11-12)27(2,23)24/h12H,3-11H2,1-2H3,(H,19,21). The predicted octanol–water partition coefficient (Wildman–Crippen LogP) is 2.41. The van der Waals surface area contributed by atoms with Gasteiger partial charge in [-0.1, -0.05) is 0 Å². The number of piperidine rings is 1. The third kappa shape index (κ3) is 4.52. The molecule has 27 heavy (non-hydrogen) atoms. The topological polar surface area (TPSA) is 92.8 Å². The number of amides is 1. The number of carbonyl (C=O) groups is 2. The fourth-order valence-electron chi connectivity index (χ4n) is 3.74. The van der Waals surface area contributed by atoms with Crippen molar-refractivity contribution in [3.05, 3.63) is 16.0 Å². The van der Waals surface area contributed by atoms with Crippen molar-refractivity contribution >= 4 is 38.2 Å². The van der Waals surface area contributed by atoms with Crippen LogP contribution < -0.4 is 5.32 Å². The number of anilines is 1. The van der Waals surface area contributed by atoms with Gasteiger partial charge in [-0.15, -0.1) is 11.3 Å². The minimum absolute atomic E-state index is 0.185. The molecule has 1 N–H and O–H groups in total. The number of aryl methyl sites for hydroxylation is 1. The van der Waals surface area contributed by atoms with Gasteiger partial charge in [-0.05, 0) is 51.0 Å². The van der Waals surface area contributed by atoms with Crippen LogP contribution >= 0.6 is 11.3 Å². The summed E-state index contributed by atoms with van der Waals surface area (Å²) in [5, 5.41) is 3.45. The highest BCUT2D eigenvalue weighted by atomic mass is 32.2. The van der Waals surface area contributed by atoms with Gasteiger partial charge in [-0.25, -0.2) is 17.5 Å². The Morgan fingerprint density at radius 1 is 1.26 bits per heavy atom. The van der Waals surface area contributed by atoms with Crippen molar-refractivity contribution in [2.24, 2.45) is 5.92 Å². The molecule has 150 valence electrons. The lowest BCUT2D eigenvalue weighted by molar-refractivity contribution is -0.120. The van der Waals surface area contributed by atoms with Gasteiger partial charge in [0.1, 0.15) is 5.00 Å². The molecule has 0 aromatic carbocycles. The first-order valence-corrected chi connectivity index (χ1v) is 12.1. The van der Waals surface area contributed by atoms with E-state index in [1.807, 2.05) is 0 Å². The summed E-state index contributed by atoms with van der Waals surface area (Å²) in [5.41, 5.74) is 1.49. The zero-order chi connectivity index (χ0) is 19.6. The van der Waals surface area contributed by atoms with Crippen molar-refractivity contribution in [3.63, 3.8) is 0 Å². The zero-order valence-corrected chi connectivity index (χ0v) is 17.4. The van der Waals surface area contributed by atoms with E-state index in [1.54, 1.807) is 6.92 Å². The third-order valence-electron chi connectivity index (χ3n) is 5.11. The van der Waals surface area contributed by atoms with E-state index in [2.05, 4.69) is 5.32 Å². The fraction of sp³-hybridized carbons (Fsp3) is 0.667. The van der Waals surface area contributed by atoms with E-state index in [1.165, 1.54) is 21.9 Å². The van der Waals surface area contributed by atoms with E-state index in [9.17, 15) is 18.0 Å². The first-order chi connectivity index (χ1) is 12.8. The van der Waals surface area contributed by atoms with Crippen LogP contribution in [0.1, 0.15) is 53.4 Å². The molecule has 2 heterocycles. The van der Waals surface area contributed by atoms with Crippen molar-refractivity contribution in [2.75, 3.05) is 31.3 Å². The maximum atomic E-state index is 12.8. The van der Waals surface area contributed by atoms with Gasteiger partial charge in [0.05, 0.1) is 24.3 Å². The summed E-state index contributed by atoms with van der Waals surface area (Å²) in [5.74, 6) is -1.04. The normalized spacial score (nSPS) is 20.7. The third-order valence-corrected chi connectivity index (χ3v) is 7.59. The molecule has 1 aromatic rings. The van der Waals surface area contributed by atoms with Crippen LogP contribution in [0.15, 0.2) is 0 Å². The molecule has 1 amide bonds. The predicted molar refractivity (Wildman–Crippen MR) is 105 cm³/mol. The second-order valence-corrected chi connectivity index (χ2v) is 10.2. The second kappa shape index (κ2) is 8.28. The average molecular weight is 415 g/mol. The molecule has 0 radical (unpaired) electrons. The lowest BCUT2D eigenvalue weighted by Gasteiger charge is -2.30. The van der Waals surface area contributed by atoms with Gasteiger partial charge in [-0.3, -0.25) is 4.79 Å². The van der Waals surface area contributed by atoms with Gasteiger partial charge >= 0.3 is 5.97 Å². The maximum absolute atomic E-state index is 12.8. The Balaban J connectivity index is 1.81. The number of rotatable bonds is 5. The van der Waals surface area contributed by atoms with Crippen LogP contribution in [0, 0.1) is 5.92 Å². The minimum Gasteiger partial charge on any atom is -0.462 e. The number of fused-ring (bicyclic) bond motifs is 1. The van der Waals surface area contributed by atoms with Crippen molar-refractivity contribution in [2.45, 2.75) is 45.4 Å². The summed E-state index contributed by atoms with van der Waals surface area (Å²) in [7, 11) is -3.31. The number of esters is 1. The molecule has 3 rings (SSSR count). The molecule has 1 unspecified atom stereocenters. The Labute approximate surface area is 164 Å². The highest BCUT2D eigenvalue weighted by molar-refractivity contribution is 7.88.